The zero-order chi connectivity index (χ0) is 11.5. The Kier molecular flexibility index (Phi) is 3.10. The summed E-state index contributed by atoms with van der Waals surface area (Å²) < 4.78 is 5.44. The lowest BCUT2D eigenvalue weighted by Crippen LogP contribution is -2.26. The number of hydrogen-bond acceptors (Lipinski definition) is 3. The van der Waals surface area contributed by atoms with Crippen LogP contribution in [0.15, 0.2) is 18.2 Å². The molecule has 0 aliphatic carbocycles. The Labute approximate surface area is 94.0 Å². The molecule has 0 bridgehead atoms. The van der Waals surface area contributed by atoms with Crippen molar-refractivity contribution in [2.75, 3.05) is 6.61 Å². The van der Waals surface area contributed by atoms with Crippen LogP contribution in [0.25, 0.3) is 0 Å². The van der Waals surface area contributed by atoms with Crippen molar-refractivity contribution in [3.8, 4) is 5.75 Å². The number of hydrogen-bond donors (Lipinski definition) is 2. The van der Waals surface area contributed by atoms with Gasteiger partial charge in [-0.15, -0.1) is 0 Å². The third-order valence-corrected chi connectivity index (χ3v) is 2.70. The van der Waals surface area contributed by atoms with Gasteiger partial charge in [-0.25, -0.2) is 0 Å². The van der Waals surface area contributed by atoms with Gasteiger partial charge in [-0.1, -0.05) is 12.1 Å². The molecule has 0 saturated heterocycles. The quantitative estimate of drug-likeness (QED) is 0.794. The fourth-order valence-electron chi connectivity index (χ4n) is 1.94. The highest BCUT2D eigenvalue weighted by Gasteiger charge is 2.14. The Hall–Kier alpha value is -1.55. The summed E-state index contributed by atoms with van der Waals surface area (Å²) in [7, 11) is 0. The van der Waals surface area contributed by atoms with Gasteiger partial charge in [0.25, 0.3) is 0 Å². The smallest absolute Gasteiger partial charge is 0.304 e. The predicted molar refractivity (Wildman–Crippen MR) is 59.6 cm³/mol. The summed E-state index contributed by atoms with van der Waals surface area (Å²) in [4.78, 5) is 10.5. The molecular weight excluding hydrogens is 206 g/mol. The molecule has 16 heavy (non-hydrogen) atoms. The average molecular weight is 221 g/mol. The Morgan fingerprint density at radius 3 is 3.12 bits per heavy atom. The van der Waals surface area contributed by atoms with Crippen molar-refractivity contribution in [3.05, 3.63) is 29.3 Å². The van der Waals surface area contributed by atoms with Crippen LogP contribution in [0.3, 0.4) is 0 Å². The maximum atomic E-state index is 10.5. The first kappa shape index (κ1) is 11.0. The van der Waals surface area contributed by atoms with E-state index >= 15 is 0 Å². The lowest BCUT2D eigenvalue weighted by atomic mass is 10.0. The van der Waals surface area contributed by atoms with E-state index in [2.05, 4.69) is 0 Å². The van der Waals surface area contributed by atoms with Crippen LogP contribution in [0, 0.1) is 0 Å². The van der Waals surface area contributed by atoms with E-state index < -0.39 is 5.97 Å². The summed E-state index contributed by atoms with van der Waals surface area (Å²) in [6.45, 7) is 0.736. The largest absolute Gasteiger partial charge is 0.493 e. The van der Waals surface area contributed by atoms with E-state index in [4.69, 9.17) is 15.6 Å². The van der Waals surface area contributed by atoms with E-state index in [0.29, 0.717) is 6.42 Å². The third kappa shape index (κ3) is 2.52. The number of carboxylic acid groups (broad SMARTS) is 1. The van der Waals surface area contributed by atoms with Crippen molar-refractivity contribution in [3.63, 3.8) is 0 Å². The van der Waals surface area contributed by atoms with Gasteiger partial charge >= 0.3 is 5.97 Å². The monoisotopic (exact) mass is 221 g/mol. The maximum absolute atomic E-state index is 10.5. The molecule has 1 aliphatic rings. The van der Waals surface area contributed by atoms with Crippen LogP contribution in [0.2, 0.25) is 0 Å². The molecule has 0 amide bonds. The highest BCUT2D eigenvalue weighted by molar-refractivity contribution is 5.67. The Morgan fingerprint density at radius 2 is 2.38 bits per heavy atom. The van der Waals surface area contributed by atoms with Crippen molar-refractivity contribution in [1.29, 1.82) is 0 Å². The first-order valence-corrected chi connectivity index (χ1v) is 5.37. The standard InChI is InChI=1S/C12H15NO3/c13-10(7-12(14)15)5-8-1-2-9-3-4-16-11(9)6-8/h1-2,6,10H,3-5,7,13H2,(H,14,15). The Bertz CT molecular complexity index is 403. The lowest BCUT2D eigenvalue weighted by Gasteiger charge is -2.09. The maximum Gasteiger partial charge on any atom is 0.304 e. The molecule has 1 atom stereocenters. The van der Waals surface area contributed by atoms with Gasteiger partial charge in [0, 0.05) is 12.5 Å². The summed E-state index contributed by atoms with van der Waals surface area (Å²) in [5.41, 5.74) is 7.98. The van der Waals surface area contributed by atoms with Gasteiger partial charge in [-0.3, -0.25) is 4.79 Å². The summed E-state index contributed by atoms with van der Waals surface area (Å²) in [5, 5.41) is 8.61. The molecule has 0 spiro atoms. The average Bonchev–Trinajstić information content (AvgIpc) is 2.63. The van der Waals surface area contributed by atoms with E-state index in [-0.39, 0.29) is 12.5 Å². The van der Waals surface area contributed by atoms with E-state index in [9.17, 15) is 4.79 Å². The summed E-state index contributed by atoms with van der Waals surface area (Å²) >= 11 is 0. The molecule has 1 aromatic rings. The molecule has 3 N–H and O–H groups in total. The van der Waals surface area contributed by atoms with Gasteiger partial charge in [0.2, 0.25) is 0 Å². The number of rotatable bonds is 4. The van der Waals surface area contributed by atoms with Crippen molar-refractivity contribution in [2.45, 2.75) is 25.3 Å². The molecule has 86 valence electrons. The molecule has 0 radical (unpaired) electrons. The van der Waals surface area contributed by atoms with Crippen molar-refractivity contribution in [1.82, 2.24) is 0 Å². The molecule has 2 rings (SSSR count). The first-order chi connectivity index (χ1) is 7.65. The van der Waals surface area contributed by atoms with Crippen LogP contribution < -0.4 is 10.5 Å². The number of carbonyl (C=O) groups is 1. The summed E-state index contributed by atoms with van der Waals surface area (Å²) in [5.74, 6) is 0.0601. The first-order valence-electron chi connectivity index (χ1n) is 5.37. The topological polar surface area (TPSA) is 72.6 Å². The van der Waals surface area contributed by atoms with Gasteiger partial charge in [0.15, 0.2) is 0 Å². The van der Waals surface area contributed by atoms with Crippen LogP contribution in [0.5, 0.6) is 5.75 Å². The minimum absolute atomic E-state index is 0.00204. The van der Waals surface area contributed by atoms with Crippen molar-refractivity contribution < 1.29 is 14.6 Å². The third-order valence-electron chi connectivity index (χ3n) is 2.70. The van der Waals surface area contributed by atoms with Gasteiger partial charge in [-0.2, -0.15) is 0 Å². The summed E-state index contributed by atoms with van der Waals surface area (Å²) in [6, 6.07) is 5.65. The molecule has 1 aliphatic heterocycles. The number of ether oxygens (including phenoxy) is 1. The highest BCUT2D eigenvalue weighted by Crippen LogP contribution is 2.26. The normalized spacial score (nSPS) is 15.3. The summed E-state index contributed by atoms with van der Waals surface area (Å²) in [6.07, 6.45) is 1.53. The zero-order valence-electron chi connectivity index (χ0n) is 8.98. The molecule has 1 heterocycles. The van der Waals surface area contributed by atoms with Gasteiger partial charge in [-0.05, 0) is 23.6 Å². The van der Waals surface area contributed by atoms with Gasteiger partial charge < -0.3 is 15.6 Å². The molecule has 1 unspecified atom stereocenters. The number of fused-ring (bicyclic) bond motifs is 1. The van der Waals surface area contributed by atoms with Gasteiger partial charge in [0.05, 0.1) is 13.0 Å². The second-order valence-corrected chi connectivity index (χ2v) is 4.10. The molecule has 0 aromatic heterocycles. The van der Waals surface area contributed by atoms with Crippen molar-refractivity contribution >= 4 is 5.97 Å². The SMILES string of the molecule is NC(CC(=O)O)Cc1ccc2c(c1)OCC2. The Balaban J connectivity index is 2.02. The molecule has 1 aromatic carbocycles. The molecule has 4 nitrogen and oxygen atoms in total. The van der Waals surface area contributed by atoms with E-state index in [1.165, 1.54) is 5.56 Å². The van der Waals surface area contributed by atoms with Crippen LogP contribution in [-0.4, -0.2) is 23.7 Å². The van der Waals surface area contributed by atoms with Crippen LogP contribution >= 0.6 is 0 Å². The molecule has 4 heteroatoms. The molecule has 0 fully saturated rings. The minimum atomic E-state index is -0.857. The van der Waals surface area contributed by atoms with Crippen molar-refractivity contribution in [2.24, 2.45) is 5.73 Å². The minimum Gasteiger partial charge on any atom is -0.493 e. The predicted octanol–water partition coefficient (Wildman–Crippen LogP) is 0.966. The second kappa shape index (κ2) is 4.53. The van der Waals surface area contributed by atoms with Crippen LogP contribution in [0.4, 0.5) is 0 Å². The second-order valence-electron chi connectivity index (χ2n) is 4.10. The molecule has 0 saturated carbocycles. The zero-order valence-corrected chi connectivity index (χ0v) is 8.98. The number of nitrogens with two attached hydrogens (primary N) is 1. The highest BCUT2D eigenvalue weighted by atomic mass is 16.5. The van der Waals surface area contributed by atoms with E-state index in [1.807, 2.05) is 18.2 Å². The van der Waals surface area contributed by atoms with Gasteiger partial charge in [0.1, 0.15) is 5.75 Å². The van der Waals surface area contributed by atoms with E-state index in [1.54, 1.807) is 0 Å². The van der Waals surface area contributed by atoms with Crippen LogP contribution in [0.1, 0.15) is 17.5 Å². The van der Waals surface area contributed by atoms with Crippen LogP contribution in [-0.2, 0) is 17.6 Å². The Morgan fingerprint density at radius 1 is 1.56 bits per heavy atom. The molecular formula is C12H15NO3. The lowest BCUT2D eigenvalue weighted by molar-refractivity contribution is -0.137. The number of carboxylic acids is 1. The van der Waals surface area contributed by atoms with E-state index in [0.717, 1.165) is 24.3 Å². The number of aliphatic carboxylic acids is 1. The number of benzene rings is 1. The fourth-order valence-corrected chi connectivity index (χ4v) is 1.94. The fraction of sp³-hybridized carbons (Fsp3) is 0.417.